The molecule has 1 aromatic carbocycles. The van der Waals surface area contributed by atoms with Crippen molar-refractivity contribution in [1.82, 2.24) is 63.8 Å². The number of carboxylic acid groups (broad SMARTS) is 2. The minimum atomic E-state index is -1.60. The van der Waals surface area contributed by atoms with Crippen molar-refractivity contribution in [3.05, 3.63) is 35.9 Å². The summed E-state index contributed by atoms with van der Waals surface area (Å²) in [6, 6.07) is -5.93. The summed E-state index contributed by atoms with van der Waals surface area (Å²) >= 11 is 0. The Morgan fingerprint density at radius 2 is 0.860 bits per heavy atom. The summed E-state index contributed by atoms with van der Waals surface area (Å²) < 4.78 is 0. The molecule has 0 aliphatic rings. The van der Waals surface area contributed by atoms with Crippen LogP contribution in [0, 0.1) is 17.8 Å². The van der Waals surface area contributed by atoms with Gasteiger partial charge in [0.15, 0.2) is 5.96 Å². The Morgan fingerprint density at radius 3 is 1.35 bits per heavy atom. The van der Waals surface area contributed by atoms with Crippen molar-refractivity contribution < 1.29 is 82.1 Å². The van der Waals surface area contributed by atoms with Crippen molar-refractivity contribution in [2.75, 3.05) is 19.6 Å². The van der Waals surface area contributed by atoms with Gasteiger partial charge < -0.3 is 96.9 Å². The van der Waals surface area contributed by atoms with Crippen LogP contribution in [0.1, 0.15) is 133 Å². The Labute approximate surface area is 540 Å². The van der Waals surface area contributed by atoms with Gasteiger partial charge in [0, 0.05) is 25.8 Å². The Morgan fingerprint density at radius 1 is 0.452 bits per heavy atom. The van der Waals surface area contributed by atoms with E-state index in [1.165, 1.54) is 27.7 Å². The number of carbonyl (C=O) groups is 15. The Hall–Kier alpha value is -9.50. The minimum Gasteiger partial charge on any atom is -0.481 e. The first-order valence-electron chi connectivity index (χ1n) is 30.6. The number of guanidine groups is 1. The lowest BCUT2D eigenvalue weighted by atomic mass is 9.96. The second kappa shape index (κ2) is 41.8. The maximum Gasteiger partial charge on any atom is 0.303 e. The predicted molar refractivity (Wildman–Crippen MR) is 337 cm³/mol. The van der Waals surface area contributed by atoms with Gasteiger partial charge in [0.05, 0.1) is 19.1 Å². The van der Waals surface area contributed by atoms with Crippen molar-refractivity contribution in [1.29, 1.82) is 0 Å². The van der Waals surface area contributed by atoms with Crippen molar-refractivity contribution in [2.45, 2.75) is 200 Å². The Bertz CT molecular complexity index is 2780. The summed E-state index contributed by atoms with van der Waals surface area (Å²) in [7, 11) is 0. The molecule has 12 atom stereocenters. The van der Waals surface area contributed by atoms with Crippen molar-refractivity contribution in [2.24, 2.45) is 45.7 Å². The molecule has 34 heteroatoms. The van der Waals surface area contributed by atoms with Gasteiger partial charge in [-0.25, -0.2) is 0 Å². The number of benzene rings is 1. The number of aliphatic imine (C=N–C) groups is 1. The highest BCUT2D eigenvalue weighted by molar-refractivity contribution is 5.99. The van der Waals surface area contributed by atoms with E-state index in [0.717, 1.165) is 0 Å². The molecule has 1 aromatic rings. The third-order valence-corrected chi connectivity index (χ3v) is 14.2. The molecule has 22 N–H and O–H groups in total. The van der Waals surface area contributed by atoms with Crippen LogP contribution in [0.3, 0.4) is 0 Å². The van der Waals surface area contributed by atoms with Crippen LogP contribution in [0.2, 0.25) is 0 Å². The lowest BCUT2D eigenvalue weighted by Crippen LogP contribution is -2.60. The highest BCUT2D eigenvalue weighted by Gasteiger charge is 2.35. The lowest BCUT2D eigenvalue weighted by Gasteiger charge is -2.28. The predicted octanol–water partition coefficient (Wildman–Crippen LogP) is -4.88. The van der Waals surface area contributed by atoms with Gasteiger partial charge in [0.25, 0.3) is 0 Å². The molecule has 0 saturated heterocycles. The number of primary amides is 1. The summed E-state index contributed by atoms with van der Waals surface area (Å²) in [5.41, 5.74) is 22.6. The van der Waals surface area contributed by atoms with E-state index >= 15 is 0 Å². The molecule has 0 saturated carbocycles. The summed E-state index contributed by atoms with van der Waals surface area (Å²) in [5, 5.41) is 48.2. The molecule has 93 heavy (non-hydrogen) atoms. The van der Waals surface area contributed by atoms with E-state index in [0.29, 0.717) is 12.0 Å². The highest BCUT2D eigenvalue weighted by Crippen LogP contribution is 2.13. The monoisotopic (exact) mass is 1320 g/mol. The van der Waals surface area contributed by atoms with Crippen molar-refractivity contribution in [3.8, 4) is 0 Å². The van der Waals surface area contributed by atoms with Crippen LogP contribution in [0.4, 0.5) is 0 Å². The van der Waals surface area contributed by atoms with Crippen LogP contribution in [-0.2, 0) is 78.3 Å². The Kier molecular flexibility index (Phi) is 36.6. The number of carbonyl (C=O) groups excluding carboxylic acids is 13. The Balaban J connectivity index is 3.25. The number of nitrogens with zero attached hydrogens (tertiary/aromatic N) is 1. The second-order valence-corrected chi connectivity index (χ2v) is 23.4. The van der Waals surface area contributed by atoms with Crippen molar-refractivity contribution in [3.63, 3.8) is 0 Å². The van der Waals surface area contributed by atoms with Gasteiger partial charge >= 0.3 is 11.9 Å². The highest BCUT2D eigenvalue weighted by atomic mass is 16.4. The van der Waals surface area contributed by atoms with Crippen LogP contribution in [0.25, 0.3) is 0 Å². The molecular weight excluding hydrogens is 1220 g/mol. The van der Waals surface area contributed by atoms with Gasteiger partial charge in [0.1, 0.15) is 60.4 Å². The average Bonchev–Trinajstić information content (AvgIpc) is 1.05. The number of aliphatic carboxylic acids is 2. The summed E-state index contributed by atoms with van der Waals surface area (Å²) in [4.78, 5) is 200. The second-order valence-electron chi connectivity index (χ2n) is 23.4. The third-order valence-electron chi connectivity index (χ3n) is 14.2. The molecule has 520 valence electrons. The first-order chi connectivity index (χ1) is 43.4. The molecule has 0 bridgehead atoms. The molecule has 0 aromatic heterocycles. The summed E-state index contributed by atoms with van der Waals surface area (Å²) in [6.45, 7) is 14.2. The van der Waals surface area contributed by atoms with E-state index in [2.05, 4.69) is 68.8 Å². The molecule has 0 fully saturated rings. The molecule has 1 rings (SSSR count). The molecule has 0 radical (unpaired) electrons. The molecular formula is C59H97N17O17. The average molecular weight is 1320 g/mol. The summed E-state index contributed by atoms with van der Waals surface area (Å²) in [5.74, 6) is -14.9. The minimum absolute atomic E-state index is 0.000103. The zero-order valence-electron chi connectivity index (χ0n) is 54.4. The molecule has 0 aliphatic heterocycles. The maximum atomic E-state index is 14.0. The fraction of sp³-hybridized carbons (Fsp3) is 0.627. The number of nitrogens with two attached hydrogens (primary N) is 4. The number of carboxylic acids is 2. The first-order valence-corrected chi connectivity index (χ1v) is 30.6. The molecule has 0 aliphatic carbocycles. The number of nitrogens with one attached hydrogen (secondary N) is 12. The van der Waals surface area contributed by atoms with E-state index in [1.807, 2.05) is 0 Å². The SMILES string of the molecule is CC[C@H](C)[C@H](NC(=O)[C@H](C)NC(=O)CNC(=O)[C@H](CCCN=C(N)N)NC(=O)[C@H](C)NC(=O)[C@H](CC(C)C)NC(=O)[C@H](CCC(=O)O)NC(=O)[C@H](CC(C)C)NC(=O)[C@H](C)NC(=O)[C@@H](N)CCC(=O)O)C(=O)N[C@@H](Cc1ccccc1)C(=O)NCC(=O)N[C@@H](C)C(N)=O. The number of amides is 13. The van der Waals surface area contributed by atoms with Gasteiger partial charge in [0.2, 0.25) is 76.8 Å². The molecule has 0 spiro atoms. The van der Waals surface area contributed by atoms with E-state index in [4.69, 9.17) is 28.0 Å². The molecule has 0 unspecified atom stereocenters. The van der Waals surface area contributed by atoms with E-state index < -0.39 is 193 Å². The fourth-order valence-electron chi connectivity index (χ4n) is 8.63. The van der Waals surface area contributed by atoms with E-state index in [9.17, 15) is 77.0 Å². The lowest BCUT2D eigenvalue weighted by molar-refractivity contribution is -0.139. The van der Waals surface area contributed by atoms with Crippen LogP contribution < -0.4 is 86.7 Å². The van der Waals surface area contributed by atoms with Gasteiger partial charge in [-0.15, -0.1) is 0 Å². The number of hydrogen-bond donors (Lipinski definition) is 18. The van der Waals surface area contributed by atoms with Crippen LogP contribution in [0.5, 0.6) is 0 Å². The molecule has 0 heterocycles. The standard InChI is InChI=1S/C59H97N17O17/c1-11-31(6)47(58(93)75-42(26-36-16-13-12-14-17-36)54(89)66-27-43(77)67-32(7)48(61)83)76-51(86)33(8)68-44(78)28-65-53(88)38(18-15-23-64-59(62)63)71-49(84)35(10)70-56(91)40(24-29(2)3)74-55(90)39(20-22-46(81)82)72-57(92)41(25-30(4)5)73-50(85)34(9)69-52(87)37(60)19-21-45(79)80/h12-14,16-17,29-35,37-42,47H,11,15,18-28,60H2,1-10H3,(H2,61,83)(H,65,88)(H,66,89)(H,67,77)(H,68,78)(H,69,87)(H,70,91)(H,71,84)(H,72,92)(H,73,85)(H,74,90)(H,75,93)(H,76,86)(H,79,80)(H,81,82)(H4,62,63,64)/t31-,32-,33-,34-,35-,37-,38-,39-,40-,41-,42-,47-/m0/s1. The topological polar surface area (TPSA) is 557 Å². The zero-order chi connectivity index (χ0) is 70.8. The van der Waals surface area contributed by atoms with Crippen LogP contribution >= 0.6 is 0 Å². The van der Waals surface area contributed by atoms with Gasteiger partial charge in [-0.3, -0.25) is 76.9 Å². The zero-order valence-corrected chi connectivity index (χ0v) is 54.4. The number of hydrogen-bond acceptors (Lipinski definition) is 17. The quantitative estimate of drug-likeness (QED) is 0.0166. The van der Waals surface area contributed by atoms with E-state index in [-0.39, 0.29) is 62.9 Å². The van der Waals surface area contributed by atoms with Crippen LogP contribution in [0.15, 0.2) is 35.3 Å². The summed E-state index contributed by atoms with van der Waals surface area (Å²) in [6.07, 6.45) is -1.47. The van der Waals surface area contributed by atoms with E-state index in [1.54, 1.807) is 71.9 Å². The van der Waals surface area contributed by atoms with Gasteiger partial charge in [-0.05, 0) is 89.5 Å². The van der Waals surface area contributed by atoms with Gasteiger partial charge in [-0.2, -0.15) is 0 Å². The molecule has 34 nitrogen and oxygen atoms in total. The van der Waals surface area contributed by atoms with Gasteiger partial charge in [-0.1, -0.05) is 78.3 Å². The van der Waals surface area contributed by atoms with Crippen LogP contribution in [-0.4, -0.2) is 191 Å². The maximum absolute atomic E-state index is 14.0. The normalized spacial score (nSPS) is 14.8. The molecule has 13 amide bonds. The fourth-order valence-corrected chi connectivity index (χ4v) is 8.63. The first kappa shape index (κ1) is 81.5. The smallest absolute Gasteiger partial charge is 0.303 e. The third kappa shape index (κ3) is 32.9. The van der Waals surface area contributed by atoms with Crippen molar-refractivity contribution >= 4 is 94.7 Å². The largest absolute Gasteiger partial charge is 0.481 e. The number of rotatable bonds is 43.